The van der Waals surface area contributed by atoms with Crippen LogP contribution in [-0.4, -0.2) is 34.9 Å². The van der Waals surface area contributed by atoms with Gasteiger partial charge in [-0.3, -0.25) is 14.9 Å². The zero-order chi connectivity index (χ0) is 15.9. The van der Waals surface area contributed by atoms with Gasteiger partial charge in [-0.2, -0.15) is 0 Å². The quantitative estimate of drug-likeness (QED) is 0.691. The van der Waals surface area contributed by atoms with Gasteiger partial charge in [-0.05, 0) is 37.9 Å². The summed E-state index contributed by atoms with van der Waals surface area (Å²) in [5.74, 6) is 0.326. The second-order valence-corrected chi connectivity index (χ2v) is 5.73. The Labute approximate surface area is 126 Å². The lowest BCUT2D eigenvalue weighted by Gasteiger charge is -2.19. The number of furan rings is 1. The Morgan fingerprint density at radius 3 is 2.91 bits per heavy atom. The van der Waals surface area contributed by atoms with Gasteiger partial charge in [-0.15, -0.1) is 0 Å². The van der Waals surface area contributed by atoms with E-state index in [9.17, 15) is 14.9 Å². The Morgan fingerprint density at radius 1 is 1.50 bits per heavy atom. The van der Waals surface area contributed by atoms with E-state index in [2.05, 4.69) is 0 Å². The molecule has 0 saturated carbocycles. The van der Waals surface area contributed by atoms with Gasteiger partial charge in [0.15, 0.2) is 5.76 Å². The van der Waals surface area contributed by atoms with Gasteiger partial charge >= 0.3 is 0 Å². The normalized spacial score (nSPS) is 21.5. The molecule has 1 aromatic heterocycles. The molecular weight excluding hydrogens is 286 g/mol. The molecule has 1 amide bonds. The summed E-state index contributed by atoms with van der Waals surface area (Å²) in [5, 5.41) is 11.3. The van der Waals surface area contributed by atoms with Gasteiger partial charge < -0.3 is 15.1 Å². The van der Waals surface area contributed by atoms with Crippen molar-refractivity contribution in [2.45, 2.75) is 19.4 Å². The minimum atomic E-state index is -0.470. The number of nitrogens with zero attached hydrogens (tertiary/aromatic N) is 2. The van der Waals surface area contributed by atoms with Crippen molar-refractivity contribution >= 4 is 22.6 Å². The van der Waals surface area contributed by atoms with Crippen LogP contribution in [0.4, 0.5) is 5.69 Å². The molecule has 2 aromatic rings. The van der Waals surface area contributed by atoms with E-state index < -0.39 is 4.92 Å². The topological polar surface area (TPSA) is 103 Å². The van der Waals surface area contributed by atoms with Crippen LogP contribution in [0.5, 0.6) is 0 Å². The maximum atomic E-state index is 12.6. The van der Waals surface area contributed by atoms with Crippen LogP contribution in [0.3, 0.4) is 0 Å². The third kappa shape index (κ3) is 2.43. The van der Waals surface area contributed by atoms with E-state index in [0.29, 0.717) is 30.0 Å². The third-order valence-electron chi connectivity index (χ3n) is 4.18. The fraction of sp³-hybridized carbons (Fsp3) is 0.400. The Hall–Kier alpha value is -2.41. The third-order valence-corrected chi connectivity index (χ3v) is 4.18. The Balaban J connectivity index is 1.90. The highest BCUT2D eigenvalue weighted by Crippen LogP contribution is 2.28. The maximum absolute atomic E-state index is 12.6. The van der Waals surface area contributed by atoms with Crippen molar-refractivity contribution in [2.75, 3.05) is 13.1 Å². The van der Waals surface area contributed by atoms with Crippen molar-refractivity contribution in [2.24, 2.45) is 11.7 Å². The molecule has 0 aliphatic carbocycles. The molecule has 2 unspecified atom stereocenters. The zero-order valence-corrected chi connectivity index (χ0v) is 12.2. The summed E-state index contributed by atoms with van der Waals surface area (Å²) in [6, 6.07) is 5.96. The summed E-state index contributed by atoms with van der Waals surface area (Å²) in [6.45, 7) is 3.16. The van der Waals surface area contributed by atoms with Crippen LogP contribution in [0.15, 0.2) is 28.7 Å². The summed E-state index contributed by atoms with van der Waals surface area (Å²) in [6.07, 6.45) is 0.883. The number of nitrogens with two attached hydrogens (primary N) is 1. The molecule has 2 atom stereocenters. The van der Waals surface area contributed by atoms with E-state index >= 15 is 0 Å². The summed E-state index contributed by atoms with van der Waals surface area (Å²) in [7, 11) is 0. The fourth-order valence-corrected chi connectivity index (χ4v) is 2.99. The molecule has 1 fully saturated rings. The number of nitro groups is 1. The number of non-ortho nitro benzene ring substituents is 1. The van der Waals surface area contributed by atoms with E-state index in [4.69, 9.17) is 10.2 Å². The first-order valence-electron chi connectivity index (χ1n) is 7.18. The van der Waals surface area contributed by atoms with Crippen LogP contribution in [0.1, 0.15) is 23.9 Å². The number of likely N-dealkylation sites (tertiary alicyclic amines) is 1. The first-order chi connectivity index (χ1) is 10.5. The highest BCUT2D eigenvalue weighted by atomic mass is 16.6. The number of hydrogen-bond acceptors (Lipinski definition) is 5. The molecule has 2 N–H and O–H groups in total. The van der Waals surface area contributed by atoms with Crippen molar-refractivity contribution < 1.29 is 14.1 Å². The molecule has 0 spiro atoms. The molecular formula is C15H17N3O4. The molecule has 1 aliphatic heterocycles. The van der Waals surface area contributed by atoms with Crippen LogP contribution < -0.4 is 5.73 Å². The smallest absolute Gasteiger partial charge is 0.289 e. The zero-order valence-electron chi connectivity index (χ0n) is 12.2. The summed E-state index contributed by atoms with van der Waals surface area (Å²) < 4.78 is 5.55. The van der Waals surface area contributed by atoms with Gasteiger partial charge in [-0.25, -0.2) is 0 Å². The molecule has 7 heteroatoms. The molecule has 1 aliphatic rings. The average Bonchev–Trinajstić information content (AvgIpc) is 3.08. The Morgan fingerprint density at radius 2 is 2.27 bits per heavy atom. The van der Waals surface area contributed by atoms with Crippen LogP contribution >= 0.6 is 0 Å². The lowest BCUT2D eigenvalue weighted by molar-refractivity contribution is -0.384. The number of benzene rings is 1. The molecule has 116 valence electrons. The van der Waals surface area contributed by atoms with Crippen LogP contribution in [-0.2, 0) is 0 Å². The van der Waals surface area contributed by atoms with E-state index in [1.807, 2.05) is 6.92 Å². The molecule has 1 aromatic carbocycles. The van der Waals surface area contributed by atoms with Crippen molar-refractivity contribution in [1.82, 2.24) is 4.90 Å². The number of nitro benzene ring substituents is 1. The van der Waals surface area contributed by atoms with Crippen molar-refractivity contribution in [3.63, 3.8) is 0 Å². The summed E-state index contributed by atoms with van der Waals surface area (Å²) >= 11 is 0. The number of fused-ring (bicyclic) bond motifs is 1. The number of rotatable bonds is 3. The van der Waals surface area contributed by atoms with Crippen LogP contribution in [0.2, 0.25) is 0 Å². The molecule has 2 heterocycles. The van der Waals surface area contributed by atoms with Crippen LogP contribution in [0.25, 0.3) is 11.0 Å². The van der Waals surface area contributed by atoms with Gasteiger partial charge in [0.05, 0.1) is 4.92 Å². The SMILES string of the molecule is CC1CC(CN)CN1C(=O)c1cc2cc([N+](=O)[O-])ccc2o1. The number of amides is 1. The summed E-state index contributed by atoms with van der Waals surface area (Å²) in [4.78, 5) is 24.6. The first-order valence-corrected chi connectivity index (χ1v) is 7.18. The molecule has 0 radical (unpaired) electrons. The minimum absolute atomic E-state index is 0.0231. The van der Waals surface area contributed by atoms with Crippen molar-refractivity contribution in [3.05, 3.63) is 40.1 Å². The van der Waals surface area contributed by atoms with Gasteiger partial charge in [-0.1, -0.05) is 0 Å². The van der Waals surface area contributed by atoms with E-state index in [-0.39, 0.29) is 23.4 Å². The molecule has 3 rings (SSSR count). The van der Waals surface area contributed by atoms with E-state index in [1.54, 1.807) is 11.0 Å². The van der Waals surface area contributed by atoms with Gasteiger partial charge in [0.25, 0.3) is 11.6 Å². The van der Waals surface area contributed by atoms with Gasteiger partial charge in [0.1, 0.15) is 5.58 Å². The van der Waals surface area contributed by atoms with E-state index in [1.165, 1.54) is 18.2 Å². The predicted octanol–water partition coefficient (Wildman–Crippen LogP) is 2.15. The lowest BCUT2D eigenvalue weighted by Crippen LogP contribution is -2.34. The Bertz CT molecular complexity index is 739. The molecule has 7 nitrogen and oxygen atoms in total. The largest absolute Gasteiger partial charge is 0.451 e. The predicted molar refractivity (Wildman–Crippen MR) is 80.5 cm³/mol. The Kier molecular flexibility index (Phi) is 3.58. The van der Waals surface area contributed by atoms with Gasteiger partial charge in [0, 0.05) is 30.1 Å². The number of carbonyl (C=O) groups excluding carboxylic acids is 1. The highest BCUT2D eigenvalue weighted by Gasteiger charge is 2.33. The summed E-state index contributed by atoms with van der Waals surface area (Å²) in [5.41, 5.74) is 6.12. The van der Waals surface area contributed by atoms with Crippen molar-refractivity contribution in [3.8, 4) is 0 Å². The molecule has 0 bridgehead atoms. The number of carbonyl (C=O) groups is 1. The van der Waals surface area contributed by atoms with Crippen molar-refractivity contribution in [1.29, 1.82) is 0 Å². The highest BCUT2D eigenvalue weighted by molar-refractivity contribution is 5.96. The second kappa shape index (κ2) is 5.42. The molecule has 22 heavy (non-hydrogen) atoms. The van der Waals surface area contributed by atoms with Crippen LogP contribution in [0, 0.1) is 16.0 Å². The monoisotopic (exact) mass is 303 g/mol. The standard InChI is InChI=1S/C15H17N3O4/c1-9-4-10(7-16)8-17(9)15(19)14-6-11-5-12(18(20)21)2-3-13(11)22-14/h2-3,5-6,9-10H,4,7-8,16H2,1H3. The van der Waals surface area contributed by atoms with E-state index in [0.717, 1.165) is 6.42 Å². The first kappa shape index (κ1) is 14.5. The second-order valence-electron chi connectivity index (χ2n) is 5.73. The minimum Gasteiger partial charge on any atom is -0.451 e. The lowest BCUT2D eigenvalue weighted by atomic mass is 10.1. The molecule has 1 saturated heterocycles. The maximum Gasteiger partial charge on any atom is 0.289 e. The fourth-order valence-electron chi connectivity index (χ4n) is 2.99. The van der Waals surface area contributed by atoms with Gasteiger partial charge in [0.2, 0.25) is 0 Å². The average molecular weight is 303 g/mol. The number of hydrogen-bond donors (Lipinski definition) is 1.